The maximum absolute atomic E-state index is 13.2. The number of piperazine rings is 1. The smallest absolute Gasteiger partial charge is 0.318 e. The number of likely N-dealkylation sites (N-methyl/N-ethyl adjacent to an activating group) is 1. The molecule has 5 heterocycles. The molecule has 2 aromatic rings. The van der Waals surface area contributed by atoms with Crippen LogP contribution < -0.4 is 15.0 Å². The lowest BCUT2D eigenvalue weighted by atomic mass is 10.0. The molecule has 3 fully saturated rings. The number of nitrogens with one attached hydrogen (secondary N) is 1. The Morgan fingerprint density at radius 3 is 2.62 bits per heavy atom. The second-order valence-corrected chi connectivity index (χ2v) is 10.3. The van der Waals surface area contributed by atoms with Crippen molar-refractivity contribution in [3.63, 3.8) is 0 Å². The van der Waals surface area contributed by atoms with Gasteiger partial charge < -0.3 is 24.8 Å². The Morgan fingerprint density at radius 2 is 1.88 bits per heavy atom. The first-order valence-corrected chi connectivity index (χ1v) is 12.7. The summed E-state index contributed by atoms with van der Waals surface area (Å²) >= 11 is 0. The van der Waals surface area contributed by atoms with Crippen molar-refractivity contribution in [3.05, 3.63) is 47.2 Å². The van der Waals surface area contributed by atoms with Gasteiger partial charge in [0.05, 0.1) is 18.7 Å². The van der Waals surface area contributed by atoms with Crippen molar-refractivity contribution in [1.82, 2.24) is 25.1 Å². The van der Waals surface area contributed by atoms with Crippen LogP contribution >= 0.6 is 0 Å². The zero-order chi connectivity index (χ0) is 23.1. The van der Waals surface area contributed by atoms with Crippen molar-refractivity contribution in [2.75, 3.05) is 38.2 Å². The molecule has 3 atom stereocenters. The highest BCUT2D eigenvalue weighted by atomic mass is 16.5. The highest BCUT2D eigenvalue weighted by Crippen LogP contribution is 2.33. The van der Waals surface area contributed by atoms with Crippen LogP contribution in [0.2, 0.25) is 0 Å². The zero-order valence-corrected chi connectivity index (χ0v) is 19.9. The monoisotopic (exact) mass is 462 g/mol. The fourth-order valence-corrected chi connectivity index (χ4v) is 5.94. The standard InChI is InChI=1S/C26H34N6O2/c1-30-11-5-8-21(30)17-34-26-28-23-16-31(13-18-6-3-2-4-7-18)24(33)12-22(23)25(29-26)32-14-19-9-10-20(15-32)27-19/h2-4,6-7,19-21,27H,5,8-17H2,1H3/t19-,20+,21?. The molecule has 8 nitrogen and oxygen atoms in total. The topological polar surface area (TPSA) is 73.8 Å². The average Bonchev–Trinajstić information content (AvgIpc) is 3.42. The van der Waals surface area contributed by atoms with Gasteiger partial charge in [0.25, 0.3) is 0 Å². The van der Waals surface area contributed by atoms with Crippen molar-refractivity contribution >= 4 is 11.7 Å². The van der Waals surface area contributed by atoms with E-state index in [2.05, 4.69) is 34.3 Å². The van der Waals surface area contributed by atoms with Gasteiger partial charge in [-0.1, -0.05) is 30.3 Å². The Kier molecular flexibility index (Phi) is 5.87. The van der Waals surface area contributed by atoms with Gasteiger partial charge >= 0.3 is 6.01 Å². The summed E-state index contributed by atoms with van der Waals surface area (Å²) in [4.78, 5) is 29.5. The molecule has 0 aliphatic carbocycles. The van der Waals surface area contributed by atoms with Gasteiger partial charge in [0.15, 0.2) is 0 Å². The minimum absolute atomic E-state index is 0.139. The van der Waals surface area contributed by atoms with Gasteiger partial charge in [-0.2, -0.15) is 9.97 Å². The summed E-state index contributed by atoms with van der Waals surface area (Å²) in [5.41, 5.74) is 3.05. The first-order valence-electron chi connectivity index (χ1n) is 12.7. The molecule has 6 rings (SSSR count). The van der Waals surface area contributed by atoms with Crippen LogP contribution in [0.5, 0.6) is 6.01 Å². The Bertz CT molecular complexity index is 1040. The largest absolute Gasteiger partial charge is 0.462 e. The van der Waals surface area contributed by atoms with Crippen LogP contribution in [0.1, 0.15) is 42.5 Å². The number of nitrogens with zero attached hydrogens (tertiary/aromatic N) is 5. The maximum atomic E-state index is 13.2. The summed E-state index contributed by atoms with van der Waals surface area (Å²) in [5, 5.41) is 3.70. The van der Waals surface area contributed by atoms with E-state index < -0.39 is 0 Å². The van der Waals surface area contributed by atoms with Crippen molar-refractivity contribution in [1.29, 1.82) is 0 Å². The number of ether oxygens (including phenoxy) is 1. The van der Waals surface area contributed by atoms with Crippen LogP contribution in [0, 0.1) is 0 Å². The lowest BCUT2D eigenvalue weighted by Crippen LogP contribution is -2.52. The second kappa shape index (κ2) is 9.15. The van der Waals surface area contributed by atoms with Crippen molar-refractivity contribution in [2.24, 2.45) is 0 Å². The van der Waals surface area contributed by atoms with E-state index in [1.807, 2.05) is 23.1 Å². The lowest BCUT2D eigenvalue weighted by Gasteiger charge is -2.37. The van der Waals surface area contributed by atoms with Crippen LogP contribution in [0.3, 0.4) is 0 Å². The van der Waals surface area contributed by atoms with Gasteiger partial charge in [0, 0.05) is 43.3 Å². The first kappa shape index (κ1) is 21.8. The van der Waals surface area contributed by atoms with Crippen LogP contribution in [-0.4, -0.2) is 77.1 Å². The maximum Gasteiger partial charge on any atom is 0.318 e. The number of carbonyl (C=O) groups is 1. The average molecular weight is 463 g/mol. The van der Waals surface area contributed by atoms with Crippen LogP contribution in [-0.2, 0) is 24.3 Å². The van der Waals surface area contributed by atoms with E-state index in [9.17, 15) is 4.79 Å². The molecule has 1 aromatic heterocycles. The van der Waals surface area contributed by atoms with Gasteiger partial charge in [-0.15, -0.1) is 0 Å². The number of fused-ring (bicyclic) bond motifs is 3. The van der Waals surface area contributed by atoms with Crippen LogP contribution in [0.15, 0.2) is 30.3 Å². The molecular weight excluding hydrogens is 428 g/mol. The number of hydrogen-bond donors (Lipinski definition) is 1. The predicted molar refractivity (Wildman–Crippen MR) is 130 cm³/mol. The van der Waals surface area contributed by atoms with E-state index >= 15 is 0 Å². The zero-order valence-electron chi connectivity index (χ0n) is 19.9. The van der Waals surface area contributed by atoms with Crippen molar-refractivity contribution in [2.45, 2.75) is 63.3 Å². The molecule has 1 unspecified atom stereocenters. The number of carbonyl (C=O) groups excluding carboxylic acids is 1. The third kappa shape index (κ3) is 4.36. The summed E-state index contributed by atoms with van der Waals surface area (Å²) in [6, 6.07) is 12.0. The van der Waals surface area contributed by atoms with E-state index in [-0.39, 0.29) is 5.91 Å². The van der Waals surface area contributed by atoms with Crippen molar-refractivity contribution in [3.8, 4) is 6.01 Å². The third-order valence-corrected chi connectivity index (χ3v) is 7.88. The predicted octanol–water partition coefficient (Wildman–Crippen LogP) is 1.98. The molecule has 1 aromatic carbocycles. The molecule has 3 saturated heterocycles. The van der Waals surface area contributed by atoms with Crippen LogP contribution in [0.25, 0.3) is 0 Å². The third-order valence-electron chi connectivity index (χ3n) is 7.88. The van der Waals surface area contributed by atoms with E-state index in [1.54, 1.807) is 0 Å². The Balaban J connectivity index is 1.29. The molecule has 1 N–H and O–H groups in total. The highest BCUT2D eigenvalue weighted by molar-refractivity contribution is 5.82. The summed E-state index contributed by atoms with van der Waals surface area (Å²) < 4.78 is 6.20. The second-order valence-electron chi connectivity index (χ2n) is 10.3. The SMILES string of the molecule is CN1CCCC1COc1nc2c(c(N3C[C@H]4CC[C@@H](C3)N4)n1)CC(=O)N(Cc1ccccc1)C2. The van der Waals surface area contributed by atoms with Gasteiger partial charge in [-0.05, 0) is 44.8 Å². The molecule has 180 valence electrons. The lowest BCUT2D eigenvalue weighted by molar-refractivity contribution is -0.132. The Hall–Kier alpha value is -2.71. The molecule has 0 spiro atoms. The molecule has 34 heavy (non-hydrogen) atoms. The normalized spacial score (nSPS) is 26.7. The molecule has 0 radical (unpaired) electrons. The number of anilines is 1. The molecule has 2 bridgehead atoms. The molecular formula is C26H34N6O2. The summed E-state index contributed by atoms with van der Waals surface area (Å²) in [7, 11) is 2.16. The summed E-state index contributed by atoms with van der Waals surface area (Å²) in [5.74, 6) is 1.05. The van der Waals surface area contributed by atoms with E-state index in [4.69, 9.17) is 14.7 Å². The van der Waals surface area contributed by atoms with E-state index in [0.717, 1.165) is 48.7 Å². The number of hydrogen-bond acceptors (Lipinski definition) is 7. The molecule has 1 amide bonds. The molecule has 8 heteroatoms. The van der Waals surface area contributed by atoms with Crippen LogP contribution in [0.4, 0.5) is 5.82 Å². The number of amides is 1. The Morgan fingerprint density at radius 1 is 1.09 bits per heavy atom. The molecule has 4 aliphatic rings. The molecule has 4 aliphatic heterocycles. The van der Waals surface area contributed by atoms with Gasteiger partial charge in [0.1, 0.15) is 12.4 Å². The van der Waals surface area contributed by atoms with Gasteiger partial charge in [-0.3, -0.25) is 4.79 Å². The van der Waals surface area contributed by atoms with Crippen molar-refractivity contribution < 1.29 is 9.53 Å². The first-order chi connectivity index (χ1) is 16.6. The summed E-state index contributed by atoms with van der Waals surface area (Å²) in [6.07, 6.45) is 5.11. The van der Waals surface area contributed by atoms with E-state index in [1.165, 1.54) is 19.3 Å². The minimum Gasteiger partial charge on any atom is -0.462 e. The summed E-state index contributed by atoms with van der Waals surface area (Å²) in [6.45, 7) is 4.66. The number of rotatable bonds is 6. The number of aromatic nitrogens is 2. The molecule has 0 saturated carbocycles. The van der Waals surface area contributed by atoms with Gasteiger partial charge in [0.2, 0.25) is 5.91 Å². The fraction of sp³-hybridized carbons (Fsp3) is 0.577. The fourth-order valence-electron chi connectivity index (χ4n) is 5.94. The Labute approximate surface area is 201 Å². The number of likely N-dealkylation sites (tertiary alicyclic amines) is 1. The quantitative estimate of drug-likeness (QED) is 0.704. The highest BCUT2D eigenvalue weighted by Gasteiger charge is 2.36. The number of benzene rings is 1. The minimum atomic E-state index is 0.139. The van der Waals surface area contributed by atoms with E-state index in [0.29, 0.717) is 50.3 Å². The van der Waals surface area contributed by atoms with Gasteiger partial charge in [-0.25, -0.2) is 0 Å².